The van der Waals surface area contributed by atoms with Gasteiger partial charge in [-0.05, 0) is 53.9 Å². The highest BCUT2D eigenvalue weighted by Crippen LogP contribution is 2.24. The summed E-state index contributed by atoms with van der Waals surface area (Å²) in [6.07, 6.45) is 0.763. The number of para-hydroxylation sites is 2. The summed E-state index contributed by atoms with van der Waals surface area (Å²) in [5.41, 5.74) is 3.38. The summed E-state index contributed by atoms with van der Waals surface area (Å²) >= 11 is 0. The Morgan fingerprint density at radius 3 is 2.53 bits per heavy atom. The monoisotopic (exact) mass is 404 g/mol. The van der Waals surface area contributed by atoms with Crippen LogP contribution in [0.4, 0.5) is 6.01 Å². The lowest BCUT2D eigenvalue weighted by Gasteiger charge is -2.21. The molecule has 0 aliphatic rings. The second-order valence-corrected chi connectivity index (χ2v) is 7.06. The van der Waals surface area contributed by atoms with Crippen LogP contribution in [0.15, 0.2) is 77.2 Å². The molecule has 1 heterocycles. The van der Waals surface area contributed by atoms with Crippen LogP contribution in [0.5, 0.6) is 11.5 Å². The van der Waals surface area contributed by atoms with Gasteiger partial charge in [0.2, 0.25) is 0 Å². The molecule has 0 bridgehead atoms. The number of oxazole rings is 1. The molecule has 30 heavy (non-hydrogen) atoms. The number of aliphatic hydroxyl groups excluding tert-OH is 1. The second kappa shape index (κ2) is 9.33. The fourth-order valence-electron chi connectivity index (χ4n) is 3.25. The summed E-state index contributed by atoms with van der Waals surface area (Å²) in [5, 5.41) is 18.9. The molecule has 1 aromatic heterocycles. The zero-order chi connectivity index (χ0) is 20.8. The summed E-state index contributed by atoms with van der Waals surface area (Å²) in [5.74, 6) is 1.01. The van der Waals surface area contributed by atoms with Crippen molar-refractivity contribution in [3.8, 4) is 11.5 Å². The van der Waals surface area contributed by atoms with Crippen LogP contribution in [0.2, 0.25) is 0 Å². The van der Waals surface area contributed by atoms with E-state index in [0.29, 0.717) is 25.7 Å². The minimum atomic E-state index is 0.0226. The van der Waals surface area contributed by atoms with Crippen LogP contribution in [0.1, 0.15) is 17.5 Å². The number of hydrogen-bond acceptors (Lipinski definition) is 6. The number of rotatable bonds is 9. The van der Waals surface area contributed by atoms with E-state index in [-0.39, 0.29) is 12.4 Å². The number of nitrogens with zero attached hydrogens (tertiary/aromatic N) is 2. The van der Waals surface area contributed by atoms with Gasteiger partial charge in [0.15, 0.2) is 5.58 Å². The number of fused-ring (bicyclic) bond motifs is 1. The van der Waals surface area contributed by atoms with Gasteiger partial charge in [-0.15, -0.1) is 0 Å². The number of phenolic OH excluding ortho intramolecular Hbond substituents is 1. The van der Waals surface area contributed by atoms with E-state index in [4.69, 9.17) is 14.3 Å². The molecule has 4 rings (SSSR count). The average Bonchev–Trinajstić information content (AvgIpc) is 3.20. The predicted molar refractivity (Wildman–Crippen MR) is 116 cm³/mol. The largest absolute Gasteiger partial charge is 0.508 e. The van der Waals surface area contributed by atoms with Crippen LogP contribution in [0.3, 0.4) is 0 Å². The SMILES string of the molecule is OCc1ccc(OCCCN(Cc2cccc(O)c2)c2nc3ccccc3o2)cc1. The number of aliphatic hydroxyl groups is 1. The predicted octanol–water partition coefficient (Wildman–Crippen LogP) is 4.50. The highest BCUT2D eigenvalue weighted by molar-refractivity contribution is 5.74. The molecule has 0 fully saturated rings. The molecule has 0 atom stereocenters. The lowest BCUT2D eigenvalue weighted by molar-refractivity contribution is 0.281. The third-order valence-electron chi connectivity index (χ3n) is 4.78. The lowest BCUT2D eigenvalue weighted by Crippen LogP contribution is -2.25. The fourth-order valence-corrected chi connectivity index (χ4v) is 3.25. The molecular formula is C24H24N2O4. The van der Waals surface area contributed by atoms with E-state index in [1.807, 2.05) is 65.6 Å². The highest BCUT2D eigenvalue weighted by atomic mass is 16.5. The molecule has 6 nitrogen and oxygen atoms in total. The maximum Gasteiger partial charge on any atom is 0.298 e. The van der Waals surface area contributed by atoms with Crippen molar-refractivity contribution in [1.82, 2.24) is 4.98 Å². The summed E-state index contributed by atoms with van der Waals surface area (Å²) in [6, 6.07) is 22.8. The van der Waals surface area contributed by atoms with Gasteiger partial charge in [0, 0.05) is 13.1 Å². The number of aromatic hydroxyl groups is 1. The van der Waals surface area contributed by atoms with Crippen LogP contribution < -0.4 is 9.64 Å². The quantitative estimate of drug-likeness (QED) is 0.400. The first kappa shape index (κ1) is 19.8. The van der Waals surface area contributed by atoms with E-state index in [1.165, 1.54) is 0 Å². The van der Waals surface area contributed by atoms with Gasteiger partial charge in [-0.3, -0.25) is 0 Å². The van der Waals surface area contributed by atoms with Crippen molar-refractivity contribution < 1.29 is 19.4 Å². The lowest BCUT2D eigenvalue weighted by atomic mass is 10.2. The molecule has 0 radical (unpaired) electrons. The summed E-state index contributed by atoms with van der Waals surface area (Å²) in [4.78, 5) is 6.67. The first-order valence-corrected chi connectivity index (χ1v) is 9.92. The number of anilines is 1. The molecular weight excluding hydrogens is 380 g/mol. The van der Waals surface area contributed by atoms with Gasteiger partial charge in [-0.25, -0.2) is 0 Å². The minimum Gasteiger partial charge on any atom is -0.508 e. The zero-order valence-corrected chi connectivity index (χ0v) is 16.6. The van der Waals surface area contributed by atoms with Crippen LogP contribution in [-0.4, -0.2) is 28.3 Å². The van der Waals surface area contributed by atoms with Crippen LogP contribution in [-0.2, 0) is 13.2 Å². The van der Waals surface area contributed by atoms with Crippen molar-refractivity contribution in [3.05, 3.63) is 83.9 Å². The Kier molecular flexibility index (Phi) is 6.15. The number of benzene rings is 3. The van der Waals surface area contributed by atoms with Gasteiger partial charge in [-0.1, -0.05) is 36.4 Å². The highest BCUT2D eigenvalue weighted by Gasteiger charge is 2.15. The van der Waals surface area contributed by atoms with Gasteiger partial charge in [0.1, 0.15) is 17.0 Å². The van der Waals surface area contributed by atoms with E-state index in [1.54, 1.807) is 12.1 Å². The summed E-state index contributed by atoms with van der Waals surface area (Å²) < 4.78 is 11.8. The molecule has 0 amide bonds. The number of ether oxygens (including phenoxy) is 1. The Bertz CT molecular complexity index is 1060. The van der Waals surface area contributed by atoms with E-state index in [0.717, 1.165) is 34.4 Å². The fraction of sp³-hybridized carbons (Fsp3) is 0.208. The molecule has 0 aliphatic carbocycles. The van der Waals surface area contributed by atoms with E-state index in [9.17, 15) is 5.11 Å². The first-order chi connectivity index (χ1) is 14.7. The third-order valence-corrected chi connectivity index (χ3v) is 4.78. The molecule has 0 saturated heterocycles. The maximum atomic E-state index is 9.80. The number of hydrogen-bond donors (Lipinski definition) is 2. The second-order valence-electron chi connectivity index (χ2n) is 7.06. The molecule has 6 heteroatoms. The van der Waals surface area contributed by atoms with Crippen molar-refractivity contribution in [2.24, 2.45) is 0 Å². The van der Waals surface area contributed by atoms with Gasteiger partial charge in [0.05, 0.1) is 13.2 Å². The van der Waals surface area contributed by atoms with Crippen molar-refractivity contribution >= 4 is 17.1 Å². The normalized spacial score (nSPS) is 11.0. The Balaban J connectivity index is 1.44. The van der Waals surface area contributed by atoms with Crippen LogP contribution >= 0.6 is 0 Å². The Morgan fingerprint density at radius 1 is 0.933 bits per heavy atom. The molecule has 4 aromatic rings. The van der Waals surface area contributed by atoms with E-state index < -0.39 is 0 Å². The van der Waals surface area contributed by atoms with Gasteiger partial charge < -0.3 is 24.3 Å². The van der Waals surface area contributed by atoms with E-state index >= 15 is 0 Å². The molecule has 3 aromatic carbocycles. The van der Waals surface area contributed by atoms with Crippen LogP contribution in [0, 0.1) is 0 Å². The summed E-state index contributed by atoms with van der Waals surface area (Å²) in [7, 11) is 0. The molecule has 154 valence electrons. The minimum absolute atomic E-state index is 0.0226. The molecule has 0 spiro atoms. The molecule has 0 saturated carbocycles. The zero-order valence-electron chi connectivity index (χ0n) is 16.6. The molecule has 0 unspecified atom stereocenters. The first-order valence-electron chi connectivity index (χ1n) is 9.92. The van der Waals surface area contributed by atoms with Gasteiger partial charge in [-0.2, -0.15) is 4.98 Å². The van der Waals surface area contributed by atoms with Crippen molar-refractivity contribution in [3.63, 3.8) is 0 Å². The van der Waals surface area contributed by atoms with Crippen LogP contribution in [0.25, 0.3) is 11.1 Å². The van der Waals surface area contributed by atoms with E-state index in [2.05, 4.69) is 4.98 Å². The third kappa shape index (κ3) is 4.90. The molecule has 0 aliphatic heterocycles. The van der Waals surface area contributed by atoms with Crippen molar-refractivity contribution in [2.75, 3.05) is 18.1 Å². The standard InChI is InChI=1S/C24H24N2O4/c27-17-18-9-11-21(12-10-18)29-14-4-13-26(16-19-5-3-6-20(28)15-19)24-25-22-7-1-2-8-23(22)30-24/h1-3,5-12,15,27-28H,4,13-14,16-17H2. The topological polar surface area (TPSA) is 79.0 Å². The Labute approximate surface area is 175 Å². The Morgan fingerprint density at radius 2 is 1.77 bits per heavy atom. The maximum absolute atomic E-state index is 9.80. The summed E-state index contributed by atoms with van der Waals surface area (Å²) in [6.45, 7) is 1.80. The van der Waals surface area contributed by atoms with Gasteiger partial charge >= 0.3 is 0 Å². The van der Waals surface area contributed by atoms with Gasteiger partial charge in [0.25, 0.3) is 6.01 Å². The smallest absolute Gasteiger partial charge is 0.298 e. The molecule has 2 N–H and O–H groups in total. The number of aromatic nitrogens is 1. The van der Waals surface area contributed by atoms with Crippen molar-refractivity contribution in [1.29, 1.82) is 0 Å². The number of phenols is 1. The average molecular weight is 404 g/mol. The van der Waals surface area contributed by atoms with Crippen molar-refractivity contribution in [2.45, 2.75) is 19.6 Å². The Hall–Kier alpha value is -3.51.